The highest BCUT2D eigenvalue weighted by Crippen LogP contribution is 2.32. The van der Waals surface area contributed by atoms with Crippen LogP contribution < -0.4 is 10.5 Å². The van der Waals surface area contributed by atoms with Crippen LogP contribution in [0.15, 0.2) is 18.2 Å². The van der Waals surface area contributed by atoms with Gasteiger partial charge in [-0.2, -0.15) is 4.98 Å². The predicted molar refractivity (Wildman–Crippen MR) is 78.5 cm³/mol. The maximum atomic E-state index is 11.0. The van der Waals surface area contributed by atoms with E-state index in [2.05, 4.69) is 9.97 Å². The average Bonchev–Trinajstić information content (AvgIpc) is 2.45. The highest BCUT2D eigenvalue weighted by Gasteiger charge is 2.17. The first kappa shape index (κ1) is 14.7. The van der Waals surface area contributed by atoms with Gasteiger partial charge in [0.05, 0.1) is 16.1 Å². The van der Waals surface area contributed by atoms with Gasteiger partial charge in [0.2, 0.25) is 5.88 Å². The third-order valence-electron chi connectivity index (χ3n) is 3.16. The molecular formula is C14H16N4O3. The van der Waals surface area contributed by atoms with Crippen molar-refractivity contribution in [1.82, 2.24) is 9.97 Å². The SMILES string of the molecule is CCc1nc(N)c(C)c(Oc2cccc([N+](=O)[O-])c2C)n1. The molecule has 2 aromatic rings. The normalized spacial score (nSPS) is 10.4. The van der Waals surface area contributed by atoms with Crippen molar-refractivity contribution in [3.63, 3.8) is 0 Å². The summed E-state index contributed by atoms with van der Waals surface area (Å²) in [6, 6.07) is 4.66. The van der Waals surface area contributed by atoms with Gasteiger partial charge in [0, 0.05) is 12.5 Å². The molecule has 1 heterocycles. The molecular weight excluding hydrogens is 272 g/mol. The number of ether oxygens (including phenoxy) is 1. The minimum Gasteiger partial charge on any atom is -0.438 e. The van der Waals surface area contributed by atoms with Gasteiger partial charge in [-0.05, 0) is 19.9 Å². The molecule has 7 heteroatoms. The lowest BCUT2D eigenvalue weighted by molar-refractivity contribution is -0.385. The summed E-state index contributed by atoms with van der Waals surface area (Å²) >= 11 is 0. The van der Waals surface area contributed by atoms with E-state index in [1.165, 1.54) is 6.07 Å². The molecule has 0 aliphatic heterocycles. The summed E-state index contributed by atoms with van der Waals surface area (Å²) in [5.74, 6) is 1.62. The number of nitrogen functional groups attached to an aromatic ring is 1. The summed E-state index contributed by atoms with van der Waals surface area (Å²) in [4.78, 5) is 18.9. The minimum absolute atomic E-state index is 0.00268. The summed E-state index contributed by atoms with van der Waals surface area (Å²) in [6.45, 7) is 5.29. The Morgan fingerprint density at radius 1 is 1.29 bits per heavy atom. The smallest absolute Gasteiger partial charge is 0.276 e. The number of hydrogen-bond donors (Lipinski definition) is 1. The van der Waals surface area contributed by atoms with Crippen molar-refractivity contribution < 1.29 is 9.66 Å². The zero-order valence-corrected chi connectivity index (χ0v) is 12.1. The first-order valence-electron chi connectivity index (χ1n) is 6.48. The number of nitro benzene ring substituents is 1. The van der Waals surface area contributed by atoms with Gasteiger partial charge in [-0.15, -0.1) is 0 Å². The molecule has 0 fully saturated rings. The molecule has 2 rings (SSSR count). The number of hydrogen-bond acceptors (Lipinski definition) is 6. The molecule has 0 bridgehead atoms. The minimum atomic E-state index is -0.444. The van der Waals surface area contributed by atoms with Crippen LogP contribution >= 0.6 is 0 Å². The van der Waals surface area contributed by atoms with Crippen molar-refractivity contribution in [1.29, 1.82) is 0 Å². The molecule has 0 aliphatic rings. The fourth-order valence-corrected chi connectivity index (χ4v) is 1.83. The number of nitrogens with two attached hydrogens (primary N) is 1. The second-order valence-electron chi connectivity index (χ2n) is 4.57. The van der Waals surface area contributed by atoms with Crippen LogP contribution in [0.5, 0.6) is 11.6 Å². The molecule has 2 N–H and O–H groups in total. The van der Waals surface area contributed by atoms with Crippen LogP contribution in [-0.2, 0) is 6.42 Å². The van der Waals surface area contributed by atoms with Gasteiger partial charge in [-0.1, -0.05) is 13.0 Å². The van der Waals surface area contributed by atoms with Crippen molar-refractivity contribution >= 4 is 11.5 Å². The Hall–Kier alpha value is -2.70. The number of aromatic nitrogens is 2. The number of rotatable bonds is 4. The number of benzene rings is 1. The molecule has 7 nitrogen and oxygen atoms in total. The number of nitrogens with zero attached hydrogens (tertiary/aromatic N) is 3. The molecule has 0 spiro atoms. The van der Waals surface area contributed by atoms with Crippen LogP contribution in [0.2, 0.25) is 0 Å². The van der Waals surface area contributed by atoms with E-state index >= 15 is 0 Å². The lowest BCUT2D eigenvalue weighted by atomic mass is 10.2. The molecule has 0 unspecified atom stereocenters. The van der Waals surface area contributed by atoms with Gasteiger partial charge in [0.25, 0.3) is 5.69 Å². The summed E-state index contributed by atoms with van der Waals surface area (Å²) < 4.78 is 5.72. The van der Waals surface area contributed by atoms with E-state index in [0.717, 1.165) is 0 Å². The van der Waals surface area contributed by atoms with Crippen molar-refractivity contribution in [3.8, 4) is 11.6 Å². The topological polar surface area (TPSA) is 104 Å². The molecule has 1 aromatic heterocycles. The van der Waals surface area contributed by atoms with E-state index < -0.39 is 4.92 Å². The molecule has 0 saturated carbocycles. The van der Waals surface area contributed by atoms with Gasteiger partial charge < -0.3 is 10.5 Å². The lowest BCUT2D eigenvalue weighted by Gasteiger charge is -2.12. The Morgan fingerprint density at radius 3 is 2.62 bits per heavy atom. The average molecular weight is 288 g/mol. The highest BCUT2D eigenvalue weighted by molar-refractivity contribution is 5.51. The monoisotopic (exact) mass is 288 g/mol. The molecule has 0 radical (unpaired) electrons. The van der Waals surface area contributed by atoms with Crippen molar-refractivity contribution in [2.24, 2.45) is 0 Å². The molecule has 0 saturated heterocycles. The molecule has 0 amide bonds. The van der Waals surface area contributed by atoms with Crippen molar-refractivity contribution in [2.75, 3.05) is 5.73 Å². The van der Waals surface area contributed by atoms with Gasteiger partial charge >= 0.3 is 0 Å². The molecule has 110 valence electrons. The maximum absolute atomic E-state index is 11.0. The lowest BCUT2D eigenvalue weighted by Crippen LogP contribution is -2.05. The van der Waals surface area contributed by atoms with Crippen LogP contribution in [0.3, 0.4) is 0 Å². The quantitative estimate of drug-likeness (QED) is 0.685. The number of anilines is 1. The Morgan fingerprint density at radius 2 is 2.00 bits per heavy atom. The van der Waals surface area contributed by atoms with Crippen LogP contribution in [0.25, 0.3) is 0 Å². The summed E-state index contributed by atoms with van der Waals surface area (Å²) in [5, 5.41) is 11.0. The van der Waals surface area contributed by atoms with E-state index in [4.69, 9.17) is 10.5 Å². The van der Waals surface area contributed by atoms with Crippen molar-refractivity contribution in [2.45, 2.75) is 27.2 Å². The zero-order chi connectivity index (χ0) is 15.6. The standard InChI is InChI=1S/C14H16N4O3/c1-4-12-16-13(15)9(3)14(17-12)21-11-7-5-6-10(8(11)2)18(19)20/h5-7H,4H2,1-3H3,(H2,15,16,17). The van der Waals surface area contributed by atoms with Crippen LogP contribution in [0.4, 0.5) is 11.5 Å². The second-order valence-corrected chi connectivity index (χ2v) is 4.57. The first-order valence-corrected chi connectivity index (χ1v) is 6.48. The van der Waals surface area contributed by atoms with E-state index in [1.807, 2.05) is 6.92 Å². The number of aryl methyl sites for hydroxylation is 1. The largest absolute Gasteiger partial charge is 0.438 e. The molecule has 21 heavy (non-hydrogen) atoms. The summed E-state index contributed by atoms with van der Waals surface area (Å²) in [5.41, 5.74) is 6.88. The fourth-order valence-electron chi connectivity index (χ4n) is 1.83. The van der Waals surface area contributed by atoms with E-state index in [1.54, 1.807) is 26.0 Å². The van der Waals surface area contributed by atoms with Gasteiger partial charge in [-0.25, -0.2) is 4.98 Å². The van der Waals surface area contributed by atoms with E-state index in [0.29, 0.717) is 40.8 Å². The third-order valence-corrected chi connectivity index (χ3v) is 3.16. The first-order chi connectivity index (χ1) is 9.93. The number of nitro groups is 1. The Kier molecular flexibility index (Phi) is 4.02. The summed E-state index contributed by atoms with van der Waals surface area (Å²) in [7, 11) is 0. The molecule has 1 aromatic carbocycles. The maximum Gasteiger partial charge on any atom is 0.276 e. The van der Waals surface area contributed by atoms with Crippen LogP contribution in [-0.4, -0.2) is 14.9 Å². The molecule has 0 aliphatic carbocycles. The molecule has 0 atom stereocenters. The Labute approximate surface area is 121 Å². The Bertz CT molecular complexity index is 701. The van der Waals surface area contributed by atoms with Crippen LogP contribution in [0.1, 0.15) is 23.9 Å². The predicted octanol–water partition coefficient (Wildman–Crippen LogP) is 2.94. The van der Waals surface area contributed by atoms with Crippen LogP contribution in [0, 0.1) is 24.0 Å². The van der Waals surface area contributed by atoms with Crippen molar-refractivity contribution in [3.05, 3.63) is 45.3 Å². The summed E-state index contributed by atoms with van der Waals surface area (Å²) in [6.07, 6.45) is 0.620. The van der Waals surface area contributed by atoms with E-state index in [-0.39, 0.29) is 5.69 Å². The van der Waals surface area contributed by atoms with Gasteiger partial charge in [0.1, 0.15) is 17.4 Å². The fraction of sp³-hybridized carbons (Fsp3) is 0.286. The third kappa shape index (κ3) is 2.91. The highest BCUT2D eigenvalue weighted by atomic mass is 16.6. The second kappa shape index (κ2) is 5.74. The zero-order valence-electron chi connectivity index (χ0n) is 12.1. The van der Waals surface area contributed by atoms with E-state index in [9.17, 15) is 10.1 Å². The van der Waals surface area contributed by atoms with Gasteiger partial charge in [0.15, 0.2) is 0 Å². The van der Waals surface area contributed by atoms with Gasteiger partial charge in [-0.3, -0.25) is 10.1 Å². The Balaban J connectivity index is 2.46.